The molecule has 1 N–H and O–H groups in total. The smallest absolute Gasteiger partial charge is 0.226 e. The van der Waals surface area contributed by atoms with Gasteiger partial charge in [0, 0.05) is 56.3 Å². The van der Waals surface area contributed by atoms with Crippen molar-refractivity contribution >= 4 is 11.8 Å². The van der Waals surface area contributed by atoms with E-state index in [9.17, 15) is 9.59 Å². The van der Waals surface area contributed by atoms with Crippen molar-refractivity contribution in [2.24, 2.45) is 11.8 Å². The molecule has 2 atom stereocenters. The van der Waals surface area contributed by atoms with Crippen molar-refractivity contribution < 1.29 is 9.59 Å². The fraction of sp³-hybridized carbons (Fsp3) is 0.696. The van der Waals surface area contributed by atoms with Crippen molar-refractivity contribution in [2.45, 2.75) is 65.5 Å². The first kappa shape index (κ1) is 21.8. The molecule has 0 radical (unpaired) electrons. The first-order valence-corrected chi connectivity index (χ1v) is 11.0. The van der Waals surface area contributed by atoms with E-state index in [-0.39, 0.29) is 29.2 Å². The summed E-state index contributed by atoms with van der Waals surface area (Å²) in [4.78, 5) is 34.9. The minimum absolute atomic E-state index is 0.0415. The van der Waals surface area contributed by atoms with Gasteiger partial charge >= 0.3 is 0 Å². The molecule has 1 aromatic rings. The van der Waals surface area contributed by atoms with Gasteiger partial charge in [0.15, 0.2) is 0 Å². The second kappa shape index (κ2) is 9.24. The molecule has 2 amide bonds. The average molecular weight is 401 g/mol. The maximum absolute atomic E-state index is 13.3. The molecule has 0 bridgehead atoms. The van der Waals surface area contributed by atoms with Crippen LogP contribution in [0, 0.1) is 18.8 Å². The van der Waals surface area contributed by atoms with Gasteiger partial charge in [0.2, 0.25) is 11.8 Å². The summed E-state index contributed by atoms with van der Waals surface area (Å²) in [5, 5.41) is 3.09. The van der Waals surface area contributed by atoms with Gasteiger partial charge in [-0.15, -0.1) is 0 Å². The maximum Gasteiger partial charge on any atom is 0.226 e. The van der Waals surface area contributed by atoms with Gasteiger partial charge in [-0.25, -0.2) is 0 Å². The van der Waals surface area contributed by atoms with E-state index in [1.807, 2.05) is 37.9 Å². The highest BCUT2D eigenvalue weighted by Crippen LogP contribution is 2.32. The number of aryl methyl sites for hydroxylation is 1. The second-order valence-corrected chi connectivity index (χ2v) is 9.61. The van der Waals surface area contributed by atoms with Crippen molar-refractivity contribution in [2.75, 3.05) is 26.2 Å². The molecule has 1 saturated heterocycles. The molecule has 0 aromatic carbocycles. The van der Waals surface area contributed by atoms with Crippen LogP contribution in [0.4, 0.5) is 0 Å². The van der Waals surface area contributed by atoms with E-state index in [0.717, 1.165) is 64.1 Å². The third-order valence-electron chi connectivity index (χ3n) is 6.09. The van der Waals surface area contributed by atoms with Crippen molar-refractivity contribution in [3.05, 3.63) is 29.6 Å². The predicted molar refractivity (Wildman–Crippen MR) is 114 cm³/mol. The Kier molecular flexibility index (Phi) is 6.93. The minimum Gasteiger partial charge on any atom is -0.351 e. The zero-order chi connectivity index (χ0) is 21.0. The molecule has 0 unspecified atom stereocenters. The lowest BCUT2D eigenvalue weighted by molar-refractivity contribution is -0.145. The van der Waals surface area contributed by atoms with Crippen LogP contribution >= 0.6 is 0 Å². The molecule has 3 rings (SSSR count). The predicted octanol–water partition coefficient (Wildman–Crippen LogP) is 2.76. The van der Waals surface area contributed by atoms with E-state index in [0.29, 0.717) is 0 Å². The summed E-state index contributed by atoms with van der Waals surface area (Å²) in [6, 6.07) is 4.06. The van der Waals surface area contributed by atoms with Crippen molar-refractivity contribution in [1.82, 2.24) is 20.1 Å². The number of hydrogen-bond donors (Lipinski definition) is 1. The Morgan fingerprint density at radius 1 is 1.10 bits per heavy atom. The normalized spacial score (nSPS) is 23.7. The number of amides is 2. The van der Waals surface area contributed by atoms with Crippen LogP contribution in [0.3, 0.4) is 0 Å². The van der Waals surface area contributed by atoms with E-state index in [1.165, 1.54) is 5.56 Å². The van der Waals surface area contributed by atoms with Crippen LogP contribution in [0.1, 0.15) is 57.7 Å². The molecule has 29 heavy (non-hydrogen) atoms. The van der Waals surface area contributed by atoms with E-state index < -0.39 is 0 Å². The topological polar surface area (TPSA) is 65.5 Å². The molecular formula is C23H36N4O2. The quantitative estimate of drug-likeness (QED) is 0.844. The number of carbonyl (C=O) groups is 2. The molecule has 2 fully saturated rings. The van der Waals surface area contributed by atoms with Crippen LogP contribution in [0.15, 0.2) is 18.3 Å². The number of piperazine rings is 1. The Hall–Kier alpha value is -1.95. The van der Waals surface area contributed by atoms with Gasteiger partial charge in [0.25, 0.3) is 0 Å². The number of nitrogens with zero attached hydrogens (tertiary/aromatic N) is 3. The minimum atomic E-state index is -0.267. The summed E-state index contributed by atoms with van der Waals surface area (Å²) >= 11 is 0. The van der Waals surface area contributed by atoms with Gasteiger partial charge < -0.3 is 10.2 Å². The second-order valence-electron chi connectivity index (χ2n) is 9.61. The van der Waals surface area contributed by atoms with Crippen LogP contribution < -0.4 is 5.32 Å². The van der Waals surface area contributed by atoms with Gasteiger partial charge in [-0.05, 0) is 52.2 Å². The molecule has 0 spiro atoms. The van der Waals surface area contributed by atoms with Crippen LogP contribution in [0.2, 0.25) is 0 Å². The monoisotopic (exact) mass is 400 g/mol. The van der Waals surface area contributed by atoms with E-state index in [2.05, 4.69) is 28.2 Å². The van der Waals surface area contributed by atoms with E-state index in [4.69, 9.17) is 0 Å². The van der Waals surface area contributed by atoms with Crippen LogP contribution in [-0.2, 0) is 16.1 Å². The Morgan fingerprint density at radius 3 is 2.38 bits per heavy atom. The van der Waals surface area contributed by atoms with Gasteiger partial charge in [-0.1, -0.05) is 18.9 Å². The molecular weight excluding hydrogens is 364 g/mol. The number of hydrogen-bond acceptors (Lipinski definition) is 4. The van der Waals surface area contributed by atoms with Crippen molar-refractivity contribution in [3.8, 4) is 0 Å². The van der Waals surface area contributed by atoms with E-state index >= 15 is 0 Å². The molecule has 1 aromatic heterocycles. The van der Waals surface area contributed by atoms with Gasteiger partial charge in [-0.2, -0.15) is 0 Å². The Balaban J connectivity index is 1.57. The zero-order valence-corrected chi connectivity index (χ0v) is 18.4. The number of pyridine rings is 1. The van der Waals surface area contributed by atoms with E-state index in [1.54, 1.807) is 0 Å². The number of nitrogens with one attached hydrogen (secondary N) is 1. The molecule has 2 heterocycles. The summed E-state index contributed by atoms with van der Waals surface area (Å²) in [5.41, 5.74) is 2.05. The summed E-state index contributed by atoms with van der Waals surface area (Å²) < 4.78 is 0. The third kappa shape index (κ3) is 5.78. The SMILES string of the molecule is Cc1cccnc1CN1CCN(C(=O)[C@@H]2CCCC[C@@H]2C(=O)NC(C)(C)C)CC1. The lowest BCUT2D eigenvalue weighted by Gasteiger charge is -2.39. The van der Waals surface area contributed by atoms with Gasteiger partial charge in [0.05, 0.1) is 5.69 Å². The average Bonchev–Trinajstić information content (AvgIpc) is 2.68. The van der Waals surface area contributed by atoms with Crippen LogP contribution in [0.25, 0.3) is 0 Å². The molecule has 1 aliphatic carbocycles. The first-order chi connectivity index (χ1) is 13.7. The number of aromatic nitrogens is 1. The van der Waals surface area contributed by atoms with Crippen molar-refractivity contribution in [1.29, 1.82) is 0 Å². The summed E-state index contributed by atoms with van der Waals surface area (Å²) in [6.45, 7) is 12.1. The molecule has 1 aliphatic heterocycles. The van der Waals surface area contributed by atoms with Gasteiger partial charge in [0.1, 0.15) is 0 Å². The molecule has 6 nitrogen and oxygen atoms in total. The van der Waals surface area contributed by atoms with Gasteiger partial charge in [-0.3, -0.25) is 19.5 Å². The highest BCUT2D eigenvalue weighted by atomic mass is 16.2. The third-order valence-corrected chi connectivity index (χ3v) is 6.09. The first-order valence-electron chi connectivity index (χ1n) is 11.0. The maximum atomic E-state index is 13.3. The highest BCUT2D eigenvalue weighted by Gasteiger charge is 2.39. The number of rotatable bonds is 4. The zero-order valence-electron chi connectivity index (χ0n) is 18.4. The lowest BCUT2D eigenvalue weighted by Crippen LogP contribution is -2.53. The highest BCUT2D eigenvalue weighted by molar-refractivity contribution is 5.88. The van der Waals surface area contributed by atoms with Crippen LogP contribution in [-0.4, -0.2) is 58.3 Å². The lowest BCUT2D eigenvalue weighted by atomic mass is 9.77. The van der Waals surface area contributed by atoms with Crippen LogP contribution in [0.5, 0.6) is 0 Å². The molecule has 1 saturated carbocycles. The molecule has 160 valence electrons. The fourth-order valence-electron chi connectivity index (χ4n) is 4.46. The fourth-order valence-corrected chi connectivity index (χ4v) is 4.46. The Morgan fingerprint density at radius 2 is 1.76 bits per heavy atom. The summed E-state index contributed by atoms with van der Waals surface area (Å²) in [5.74, 6) is -0.146. The van der Waals surface area contributed by atoms with Crippen molar-refractivity contribution in [3.63, 3.8) is 0 Å². The summed E-state index contributed by atoms with van der Waals surface area (Å²) in [6.07, 6.45) is 5.55. The summed E-state index contributed by atoms with van der Waals surface area (Å²) in [7, 11) is 0. The number of carbonyl (C=O) groups excluding carboxylic acids is 2. The Bertz CT molecular complexity index is 720. The Labute approximate surface area is 175 Å². The largest absolute Gasteiger partial charge is 0.351 e. The standard InChI is InChI=1S/C23H36N4O2/c1-17-8-7-11-24-20(17)16-26-12-14-27(15-13-26)22(29)19-10-6-5-9-18(19)21(28)25-23(2,3)4/h7-8,11,18-19H,5-6,9-10,12-16H2,1-4H3,(H,25,28)/t18-,19+/m0/s1. The molecule has 2 aliphatic rings. The molecule has 6 heteroatoms.